The fourth-order valence-electron chi connectivity index (χ4n) is 4.20. The summed E-state index contributed by atoms with van der Waals surface area (Å²) in [5.41, 5.74) is 2.54. The molecule has 3 heteroatoms. The highest BCUT2D eigenvalue weighted by atomic mass is 16.5. The molecule has 0 amide bonds. The third-order valence-electron chi connectivity index (χ3n) is 5.88. The number of piperidine rings is 2. The summed E-state index contributed by atoms with van der Waals surface area (Å²) < 4.78 is 5.48. The van der Waals surface area contributed by atoms with Crippen molar-refractivity contribution in [1.82, 2.24) is 4.90 Å². The Morgan fingerprint density at radius 2 is 1.61 bits per heavy atom. The molecule has 0 N–H and O–H groups in total. The Morgan fingerprint density at radius 3 is 2.22 bits per heavy atom. The van der Waals surface area contributed by atoms with Crippen molar-refractivity contribution in [2.24, 2.45) is 11.8 Å². The average Bonchev–Trinajstić information content (AvgIpc) is 2.58. The van der Waals surface area contributed by atoms with E-state index in [2.05, 4.69) is 42.0 Å². The number of rotatable bonds is 4. The van der Waals surface area contributed by atoms with Gasteiger partial charge in [0.05, 0.1) is 7.11 Å². The van der Waals surface area contributed by atoms with E-state index in [0.717, 1.165) is 17.6 Å². The van der Waals surface area contributed by atoms with Gasteiger partial charge in [-0.1, -0.05) is 6.07 Å². The molecule has 3 nitrogen and oxygen atoms in total. The maximum atomic E-state index is 5.48. The van der Waals surface area contributed by atoms with Crippen LogP contribution in [0.3, 0.4) is 0 Å². The first kappa shape index (κ1) is 16.6. The lowest BCUT2D eigenvalue weighted by Crippen LogP contribution is -2.36. The second-order valence-corrected chi connectivity index (χ2v) is 7.57. The van der Waals surface area contributed by atoms with Crippen LogP contribution in [0.2, 0.25) is 0 Å². The zero-order chi connectivity index (χ0) is 16.2. The number of likely N-dealkylation sites (tertiary alicyclic amines) is 1. The molecule has 0 aliphatic carbocycles. The van der Waals surface area contributed by atoms with Gasteiger partial charge >= 0.3 is 0 Å². The first-order valence-electron chi connectivity index (χ1n) is 9.24. The van der Waals surface area contributed by atoms with E-state index in [4.69, 9.17) is 4.74 Å². The van der Waals surface area contributed by atoms with Crippen LogP contribution in [0.4, 0.5) is 5.69 Å². The molecule has 128 valence electrons. The van der Waals surface area contributed by atoms with Gasteiger partial charge in [0.25, 0.3) is 0 Å². The predicted molar refractivity (Wildman–Crippen MR) is 97.5 cm³/mol. The molecule has 0 aromatic heterocycles. The molecule has 0 radical (unpaired) electrons. The monoisotopic (exact) mass is 316 g/mol. The van der Waals surface area contributed by atoms with E-state index < -0.39 is 0 Å². The zero-order valence-corrected chi connectivity index (χ0v) is 15.1. The summed E-state index contributed by atoms with van der Waals surface area (Å²) in [6, 6.07) is 6.63. The summed E-state index contributed by atoms with van der Waals surface area (Å²) >= 11 is 0. The van der Waals surface area contributed by atoms with Gasteiger partial charge < -0.3 is 14.5 Å². The Bertz CT molecular complexity index is 500. The molecule has 1 aromatic rings. The van der Waals surface area contributed by atoms with Crippen LogP contribution in [-0.2, 0) is 0 Å². The fraction of sp³-hybridized carbons (Fsp3) is 0.700. The van der Waals surface area contributed by atoms with Gasteiger partial charge in [-0.25, -0.2) is 0 Å². The van der Waals surface area contributed by atoms with Crippen molar-refractivity contribution in [3.8, 4) is 5.75 Å². The zero-order valence-electron chi connectivity index (χ0n) is 15.1. The summed E-state index contributed by atoms with van der Waals surface area (Å²) in [6.45, 7) is 7.10. The smallest absolute Gasteiger partial charge is 0.123 e. The minimum atomic E-state index is 0.937. The Balaban J connectivity index is 1.50. The van der Waals surface area contributed by atoms with Crippen molar-refractivity contribution in [1.29, 1.82) is 0 Å². The number of ether oxygens (including phenoxy) is 1. The number of nitrogens with zero attached hydrogens (tertiary/aromatic N) is 2. The van der Waals surface area contributed by atoms with Crippen molar-refractivity contribution in [2.45, 2.75) is 39.0 Å². The summed E-state index contributed by atoms with van der Waals surface area (Å²) in [6.07, 6.45) is 6.97. The third-order valence-corrected chi connectivity index (χ3v) is 5.88. The average molecular weight is 316 g/mol. The maximum absolute atomic E-state index is 5.48. The lowest BCUT2D eigenvalue weighted by Gasteiger charge is -2.37. The molecule has 23 heavy (non-hydrogen) atoms. The number of anilines is 1. The number of hydrogen-bond donors (Lipinski definition) is 0. The topological polar surface area (TPSA) is 15.7 Å². The Labute approximate surface area is 141 Å². The second kappa shape index (κ2) is 7.57. The normalized spacial score (nSPS) is 21.6. The lowest BCUT2D eigenvalue weighted by molar-refractivity contribution is 0.187. The van der Waals surface area contributed by atoms with Gasteiger partial charge in [0.1, 0.15) is 5.75 Å². The van der Waals surface area contributed by atoms with Crippen molar-refractivity contribution in [2.75, 3.05) is 45.2 Å². The molecule has 0 atom stereocenters. The van der Waals surface area contributed by atoms with Crippen molar-refractivity contribution < 1.29 is 4.74 Å². The van der Waals surface area contributed by atoms with Gasteiger partial charge in [0.15, 0.2) is 0 Å². The number of hydrogen-bond acceptors (Lipinski definition) is 3. The van der Waals surface area contributed by atoms with Crippen LogP contribution in [0.1, 0.15) is 37.7 Å². The highest BCUT2D eigenvalue weighted by Crippen LogP contribution is 2.32. The maximum Gasteiger partial charge on any atom is 0.123 e. The van der Waals surface area contributed by atoms with Crippen LogP contribution in [0.5, 0.6) is 5.75 Å². The van der Waals surface area contributed by atoms with Gasteiger partial charge in [-0.15, -0.1) is 0 Å². The van der Waals surface area contributed by atoms with Gasteiger partial charge in [-0.2, -0.15) is 0 Å². The van der Waals surface area contributed by atoms with Gasteiger partial charge in [-0.3, -0.25) is 0 Å². The lowest BCUT2D eigenvalue weighted by atomic mass is 9.83. The molecule has 2 heterocycles. The van der Waals surface area contributed by atoms with Gasteiger partial charge in [0.2, 0.25) is 0 Å². The van der Waals surface area contributed by atoms with Crippen LogP contribution < -0.4 is 9.64 Å². The SMILES string of the molecule is COc1cc(N2CCC(CC3CCN(C)CC3)CC2)ccc1C. The first-order chi connectivity index (χ1) is 11.2. The molecule has 1 aromatic carbocycles. The number of aryl methyl sites for hydroxylation is 1. The molecule has 2 fully saturated rings. The molecule has 0 bridgehead atoms. The van der Waals surface area contributed by atoms with Crippen molar-refractivity contribution >= 4 is 5.69 Å². The number of benzene rings is 1. The molecule has 0 spiro atoms. The van der Waals surface area contributed by atoms with Crippen LogP contribution in [0, 0.1) is 18.8 Å². The van der Waals surface area contributed by atoms with E-state index >= 15 is 0 Å². The Hall–Kier alpha value is -1.22. The summed E-state index contributed by atoms with van der Waals surface area (Å²) in [7, 11) is 4.02. The van der Waals surface area contributed by atoms with Crippen LogP contribution in [0.15, 0.2) is 18.2 Å². The highest BCUT2D eigenvalue weighted by molar-refractivity contribution is 5.53. The van der Waals surface area contributed by atoms with Crippen molar-refractivity contribution in [3.63, 3.8) is 0 Å². The van der Waals surface area contributed by atoms with E-state index in [1.54, 1.807) is 7.11 Å². The quantitative estimate of drug-likeness (QED) is 0.836. The molecule has 3 rings (SSSR count). The van der Waals surface area contributed by atoms with E-state index in [1.165, 1.54) is 69.5 Å². The molecule has 2 aliphatic rings. The van der Waals surface area contributed by atoms with Crippen LogP contribution in [-0.4, -0.2) is 45.2 Å². The molecule has 2 saturated heterocycles. The molecular formula is C20H32N2O. The molecule has 0 saturated carbocycles. The van der Waals surface area contributed by atoms with Crippen LogP contribution >= 0.6 is 0 Å². The van der Waals surface area contributed by atoms with Crippen LogP contribution in [0.25, 0.3) is 0 Å². The Morgan fingerprint density at radius 1 is 1.00 bits per heavy atom. The summed E-state index contributed by atoms with van der Waals surface area (Å²) in [5, 5.41) is 0. The fourth-order valence-corrected chi connectivity index (χ4v) is 4.20. The Kier molecular flexibility index (Phi) is 5.47. The second-order valence-electron chi connectivity index (χ2n) is 7.57. The minimum Gasteiger partial charge on any atom is -0.496 e. The third kappa shape index (κ3) is 4.20. The standard InChI is InChI=1S/C20H32N2O/c1-16-4-5-19(15-20(16)23-3)22-12-8-18(9-13-22)14-17-6-10-21(2)11-7-17/h4-5,15,17-18H,6-14H2,1-3H3. The van der Waals surface area contributed by atoms with E-state index in [0.29, 0.717) is 0 Å². The van der Waals surface area contributed by atoms with E-state index in [9.17, 15) is 0 Å². The summed E-state index contributed by atoms with van der Waals surface area (Å²) in [4.78, 5) is 5.01. The number of methoxy groups -OCH3 is 1. The molecule has 2 aliphatic heterocycles. The van der Waals surface area contributed by atoms with Gasteiger partial charge in [0, 0.05) is 24.8 Å². The van der Waals surface area contributed by atoms with E-state index in [-0.39, 0.29) is 0 Å². The first-order valence-corrected chi connectivity index (χ1v) is 9.24. The molecule has 0 unspecified atom stereocenters. The minimum absolute atomic E-state index is 0.937. The van der Waals surface area contributed by atoms with Crippen molar-refractivity contribution in [3.05, 3.63) is 23.8 Å². The van der Waals surface area contributed by atoms with E-state index in [1.807, 2.05) is 0 Å². The summed E-state index contributed by atoms with van der Waals surface area (Å²) in [5.74, 6) is 2.92. The highest BCUT2D eigenvalue weighted by Gasteiger charge is 2.24. The predicted octanol–water partition coefficient (Wildman–Crippen LogP) is 3.95. The largest absolute Gasteiger partial charge is 0.496 e. The van der Waals surface area contributed by atoms with Gasteiger partial charge in [-0.05, 0) is 82.6 Å². The molecular weight excluding hydrogens is 284 g/mol.